The molecule has 1 aliphatic heterocycles. The maximum Gasteiger partial charge on any atom is 0.182 e. The number of nitrogens with zero attached hydrogens (tertiary/aromatic N) is 1. The Kier molecular flexibility index (Phi) is 4.63. The molecule has 0 amide bonds. The van der Waals surface area contributed by atoms with Crippen molar-refractivity contribution in [1.82, 2.24) is 5.32 Å². The molecular weight excluding hydrogens is 258 g/mol. The molecule has 1 aromatic carbocycles. The van der Waals surface area contributed by atoms with Crippen LogP contribution in [0.1, 0.15) is 33.6 Å². The van der Waals surface area contributed by atoms with Crippen LogP contribution in [0.25, 0.3) is 0 Å². The Labute approximate surface area is 120 Å². The molecule has 20 heavy (non-hydrogen) atoms. The van der Waals surface area contributed by atoms with E-state index in [2.05, 4.69) is 26.1 Å². The van der Waals surface area contributed by atoms with Crippen molar-refractivity contribution >= 4 is 5.69 Å². The van der Waals surface area contributed by atoms with Gasteiger partial charge in [0.05, 0.1) is 5.69 Å². The molecule has 1 aliphatic rings. The van der Waals surface area contributed by atoms with Crippen LogP contribution in [0.15, 0.2) is 18.2 Å². The summed E-state index contributed by atoms with van der Waals surface area (Å²) in [6, 6.07) is 4.73. The van der Waals surface area contributed by atoms with Crippen molar-refractivity contribution in [1.29, 1.82) is 0 Å². The van der Waals surface area contributed by atoms with Gasteiger partial charge in [-0.1, -0.05) is 26.8 Å². The quantitative estimate of drug-likeness (QED) is 0.911. The van der Waals surface area contributed by atoms with E-state index in [0.29, 0.717) is 11.7 Å². The van der Waals surface area contributed by atoms with Crippen LogP contribution in [0.4, 0.5) is 14.5 Å². The molecule has 1 unspecified atom stereocenters. The highest BCUT2D eigenvalue weighted by Crippen LogP contribution is 2.25. The normalized spacial score (nSPS) is 20.2. The van der Waals surface area contributed by atoms with Gasteiger partial charge in [-0.15, -0.1) is 0 Å². The van der Waals surface area contributed by atoms with Crippen LogP contribution in [0.5, 0.6) is 0 Å². The van der Waals surface area contributed by atoms with Crippen molar-refractivity contribution in [2.24, 2.45) is 5.41 Å². The molecule has 1 N–H and O–H groups in total. The molecule has 0 bridgehead atoms. The predicted octanol–water partition coefficient (Wildman–Crippen LogP) is 3.57. The number of halogens is 2. The summed E-state index contributed by atoms with van der Waals surface area (Å²) in [4.78, 5) is 1.95. The van der Waals surface area contributed by atoms with E-state index in [1.165, 1.54) is 0 Å². The van der Waals surface area contributed by atoms with Crippen molar-refractivity contribution in [3.63, 3.8) is 0 Å². The Balaban J connectivity index is 2.01. The number of benzene rings is 1. The summed E-state index contributed by atoms with van der Waals surface area (Å²) in [7, 11) is 0. The van der Waals surface area contributed by atoms with Crippen LogP contribution in [-0.4, -0.2) is 25.7 Å². The molecule has 1 atom stereocenters. The second-order valence-electron chi connectivity index (χ2n) is 6.80. The average Bonchev–Trinajstić information content (AvgIpc) is 2.39. The highest BCUT2D eigenvalue weighted by Gasteiger charge is 2.24. The summed E-state index contributed by atoms with van der Waals surface area (Å²) in [6.07, 6.45) is 2.08. The molecule has 1 aromatic rings. The van der Waals surface area contributed by atoms with Gasteiger partial charge >= 0.3 is 0 Å². The van der Waals surface area contributed by atoms with Crippen molar-refractivity contribution in [3.05, 3.63) is 29.8 Å². The fraction of sp³-hybridized carbons (Fsp3) is 0.625. The van der Waals surface area contributed by atoms with Gasteiger partial charge < -0.3 is 10.2 Å². The zero-order valence-electron chi connectivity index (χ0n) is 12.5. The molecule has 112 valence electrons. The third-order valence-electron chi connectivity index (χ3n) is 3.61. The molecule has 0 aliphatic carbocycles. The highest BCUT2D eigenvalue weighted by molar-refractivity contribution is 5.48. The molecule has 2 rings (SSSR count). The van der Waals surface area contributed by atoms with E-state index in [4.69, 9.17) is 0 Å². The molecule has 1 heterocycles. The summed E-state index contributed by atoms with van der Waals surface area (Å²) in [5.74, 6) is -1.50. The molecule has 0 spiro atoms. The lowest BCUT2D eigenvalue weighted by molar-refractivity contribution is 0.327. The Morgan fingerprint density at radius 1 is 1.30 bits per heavy atom. The number of rotatable bonds is 3. The third-order valence-corrected chi connectivity index (χ3v) is 3.61. The van der Waals surface area contributed by atoms with Crippen LogP contribution in [0.2, 0.25) is 0 Å². The molecule has 1 saturated heterocycles. The number of nitrogens with one attached hydrogen (secondary N) is 1. The first-order valence-corrected chi connectivity index (χ1v) is 7.29. The van der Waals surface area contributed by atoms with Gasteiger partial charge in [-0.05, 0) is 30.4 Å². The van der Waals surface area contributed by atoms with Crippen LogP contribution in [-0.2, 0) is 0 Å². The third kappa shape index (κ3) is 3.92. The van der Waals surface area contributed by atoms with Gasteiger partial charge in [-0.3, -0.25) is 0 Å². The van der Waals surface area contributed by atoms with Crippen molar-refractivity contribution in [2.45, 2.75) is 39.7 Å². The summed E-state index contributed by atoms with van der Waals surface area (Å²) in [5.41, 5.74) is 0.610. The molecule has 1 fully saturated rings. The van der Waals surface area contributed by atoms with E-state index in [-0.39, 0.29) is 5.41 Å². The van der Waals surface area contributed by atoms with Crippen molar-refractivity contribution in [2.75, 3.05) is 24.5 Å². The van der Waals surface area contributed by atoms with Crippen LogP contribution < -0.4 is 10.2 Å². The van der Waals surface area contributed by atoms with E-state index in [1.54, 1.807) is 12.1 Å². The van der Waals surface area contributed by atoms with E-state index in [9.17, 15) is 8.78 Å². The van der Waals surface area contributed by atoms with E-state index >= 15 is 0 Å². The second-order valence-corrected chi connectivity index (χ2v) is 6.80. The van der Waals surface area contributed by atoms with Gasteiger partial charge in [0.15, 0.2) is 11.6 Å². The van der Waals surface area contributed by atoms with Gasteiger partial charge in [0.2, 0.25) is 0 Å². The SMILES string of the molecule is CC(C)(C)CNC1CCCN(c2cccc(F)c2F)C1. The van der Waals surface area contributed by atoms with Crippen LogP contribution in [0, 0.1) is 17.0 Å². The van der Waals surface area contributed by atoms with E-state index in [0.717, 1.165) is 38.5 Å². The first kappa shape index (κ1) is 15.2. The fourth-order valence-corrected chi connectivity index (χ4v) is 2.55. The zero-order chi connectivity index (χ0) is 14.8. The molecule has 0 aromatic heterocycles. The topological polar surface area (TPSA) is 15.3 Å². The molecule has 2 nitrogen and oxygen atoms in total. The van der Waals surface area contributed by atoms with E-state index in [1.807, 2.05) is 4.90 Å². The second kappa shape index (κ2) is 6.08. The van der Waals surface area contributed by atoms with Crippen molar-refractivity contribution < 1.29 is 8.78 Å². The summed E-state index contributed by atoms with van der Waals surface area (Å²) < 4.78 is 27.2. The van der Waals surface area contributed by atoms with Gasteiger partial charge in [0, 0.05) is 25.7 Å². The standard InChI is InChI=1S/C16H24F2N2/c1-16(2,3)11-19-12-6-5-9-20(10-12)14-8-4-7-13(17)15(14)18/h4,7-8,12,19H,5-6,9-11H2,1-3H3. The minimum atomic E-state index is -0.771. The summed E-state index contributed by atoms with van der Waals surface area (Å²) in [6.45, 7) is 9.01. The minimum Gasteiger partial charge on any atom is -0.368 e. The number of hydrogen-bond acceptors (Lipinski definition) is 2. The maximum absolute atomic E-state index is 13.9. The van der Waals surface area contributed by atoms with Gasteiger partial charge in [0.1, 0.15) is 0 Å². The largest absolute Gasteiger partial charge is 0.368 e. The number of hydrogen-bond donors (Lipinski definition) is 1. The number of anilines is 1. The number of piperidine rings is 1. The highest BCUT2D eigenvalue weighted by atomic mass is 19.2. The summed E-state index contributed by atoms with van der Waals surface area (Å²) in [5, 5.41) is 3.54. The average molecular weight is 282 g/mol. The van der Waals surface area contributed by atoms with Crippen LogP contribution >= 0.6 is 0 Å². The lowest BCUT2D eigenvalue weighted by Gasteiger charge is -2.36. The molecule has 0 saturated carbocycles. The van der Waals surface area contributed by atoms with Gasteiger partial charge in [-0.2, -0.15) is 0 Å². The molecular formula is C16H24F2N2. The minimum absolute atomic E-state index is 0.229. The zero-order valence-corrected chi connectivity index (χ0v) is 12.5. The maximum atomic E-state index is 13.9. The Hall–Kier alpha value is -1.16. The predicted molar refractivity (Wildman–Crippen MR) is 79.1 cm³/mol. The lowest BCUT2D eigenvalue weighted by Crippen LogP contribution is -2.48. The van der Waals surface area contributed by atoms with Gasteiger partial charge in [-0.25, -0.2) is 8.78 Å². The van der Waals surface area contributed by atoms with Crippen LogP contribution in [0.3, 0.4) is 0 Å². The van der Waals surface area contributed by atoms with Crippen molar-refractivity contribution in [3.8, 4) is 0 Å². The monoisotopic (exact) mass is 282 g/mol. The fourth-order valence-electron chi connectivity index (χ4n) is 2.55. The summed E-state index contributed by atoms with van der Waals surface area (Å²) >= 11 is 0. The molecule has 4 heteroatoms. The Morgan fingerprint density at radius 3 is 2.75 bits per heavy atom. The smallest absolute Gasteiger partial charge is 0.182 e. The lowest BCUT2D eigenvalue weighted by atomic mass is 9.95. The molecule has 0 radical (unpaired) electrons. The first-order valence-electron chi connectivity index (χ1n) is 7.29. The van der Waals surface area contributed by atoms with Gasteiger partial charge in [0.25, 0.3) is 0 Å². The Morgan fingerprint density at radius 2 is 2.05 bits per heavy atom. The van der Waals surface area contributed by atoms with E-state index < -0.39 is 11.6 Å². The first-order chi connectivity index (χ1) is 9.37. The Bertz CT molecular complexity index is 454.